The Balaban J connectivity index is 1.98. The zero-order valence-corrected chi connectivity index (χ0v) is 12.8. The van der Waals surface area contributed by atoms with Gasteiger partial charge in [0.1, 0.15) is 0 Å². The zero-order chi connectivity index (χ0) is 16.3. The fourth-order valence-electron chi connectivity index (χ4n) is 2.80. The molecule has 8 heteroatoms. The molecular formula is C14H21F3N4O. The van der Waals surface area contributed by atoms with Crippen LogP contribution in [-0.4, -0.2) is 46.8 Å². The highest BCUT2D eigenvalue weighted by Gasteiger charge is 2.39. The van der Waals surface area contributed by atoms with Crippen molar-refractivity contribution in [3.8, 4) is 0 Å². The second kappa shape index (κ2) is 6.68. The first-order chi connectivity index (χ1) is 10.3. The van der Waals surface area contributed by atoms with Gasteiger partial charge in [-0.15, -0.1) is 0 Å². The molecule has 1 aromatic heterocycles. The summed E-state index contributed by atoms with van der Waals surface area (Å²) in [4.78, 5) is 14.3. The molecule has 1 aliphatic rings. The molecule has 0 radical (unpaired) electrons. The molecule has 1 saturated heterocycles. The van der Waals surface area contributed by atoms with Crippen molar-refractivity contribution < 1.29 is 18.0 Å². The smallest absolute Gasteiger partial charge is 0.352 e. The van der Waals surface area contributed by atoms with Gasteiger partial charge in [-0.05, 0) is 31.8 Å². The number of rotatable bonds is 4. The first-order valence-corrected chi connectivity index (χ1v) is 7.42. The first-order valence-electron chi connectivity index (χ1n) is 7.42. The van der Waals surface area contributed by atoms with E-state index < -0.39 is 23.3 Å². The summed E-state index contributed by atoms with van der Waals surface area (Å²) in [5.41, 5.74) is -1.55. The third-order valence-electron chi connectivity index (χ3n) is 3.94. The summed E-state index contributed by atoms with van der Waals surface area (Å²) >= 11 is 0. The summed E-state index contributed by atoms with van der Waals surface area (Å²) in [6.07, 6.45) is -1.49. The van der Waals surface area contributed by atoms with Gasteiger partial charge in [-0.25, -0.2) is 0 Å². The minimum absolute atomic E-state index is 0.281. The van der Waals surface area contributed by atoms with Crippen molar-refractivity contribution in [3.05, 3.63) is 17.5 Å². The molecule has 1 aromatic rings. The summed E-state index contributed by atoms with van der Waals surface area (Å²) in [5.74, 6) is -0.433. The van der Waals surface area contributed by atoms with Gasteiger partial charge in [0.25, 0.3) is 5.91 Å². The second-order valence-electron chi connectivity index (χ2n) is 5.67. The quantitative estimate of drug-likeness (QED) is 0.922. The standard InChI is InChI=1S/C14H21F3N4O/c1-3-21-6-4-5-10(8-21)7-18-13(22)11-9-20(2)19-12(11)14(15,16)17/h9-10H,3-8H2,1-2H3,(H,18,22). The Kier molecular flexibility index (Phi) is 5.10. The molecule has 1 N–H and O–H groups in total. The van der Waals surface area contributed by atoms with Crippen molar-refractivity contribution in [1.82, 2.24) is 20.0 Å². The molecule has 2 heterocycles. The van der Waals surface area contributed by atoms with Gasteiger partial charge in [-0.3, -0.25) is 9.48 Å². The number of carbonyl (C=O) groups is 1. The SMILES string of the molecule is CCN1CCCC(CNC(=O)c2cn(C)nc2C(F)(F)F)C1. The number of alkyl halides is 3. The van der Waals surface area contributed by atoms with Crippen LogP contribution < -0.4 is 5.32 Å². The molecule has 0 bridgehead atoms. The van der Waals surface area contributed by atoms with Crippen LogP contribution in [-0.2, 0) is 13.2 Å². The Labute approximate surface area is 127 Å². The third-order valence-corrected chi connectivity index (χ3v) is 3.94. The average Bonchev–Trinajstić information content (AvgIpc) is 2.87. The number of carbonyl (C=O) groups excluding carboxylic acids is 1. The van der Waals surface area contributed by atoms with Crippen LogP contribution in [0.1, 0.15) is 35.8 Å². The topological polar surface area (TPSA) is 50.2 Å². The van der Waals surface area contributed by atoms with E-state index in [2.05, 4.69) is 22.2 Å². The lowest BCUT2D eigenvalue weighted by atomic mass is 9.98. The Hall–Kier alpha value is -1.57. The molecule has 5 nitrogen and oxygen atoms in total. The van der Waals surface area contributed by atoms with Crippen LogP contribution in [0.4, 0.5) is 13.2 Å². The van der Waals surface area contributed by atoms with Crippen LogP contribution in [0.15, 0.2) is 6.20 Å². The normalized spacial score (nSPS) is 20.1. The van der Waals surface area contributed by atoms with E-state index >= 15 is 0 Å². The fraction of sp³-hybridized carbons (Fsp3) is 0.714. The predicted molar refractivity (Wildman–Crippen MR) is 75.4 cm³/mol. The Morgan fingerprint density at radius 1 is 1.50 bits per heavy atom. The maximum atomic E-state index is 12.9. The van der Waals surface area contributed by atoms with Crippen molar-refractivity contribution in [1.29, 1.82) is 0 Å². The molecular weight excluding hydrogens is 297 g/mol. The van der Waals surface area contributed by atoms with Crippen molar-refractivity contribution in [2.75, 3.05) is 26.2 Å². The first kappa shape index (κ1) is 16.8. The van der Waals surface area contributed by atoms with Gasteiger partial charge >= 0.3 is 6.18 Å². The van der Waals surface area contributed by atoms with Crippen molar-refractivity contribution in [2.45, 2.75) is 25.9 Å². The molecule has 1 unspecified atom stereocenters. The molecule has 124 valence electrons. The van der Waals surface area contributed by atoms with Crippen LogP contribution in [0.2, 0.25) is 0 Å². The van der Waals surface area contributed by atoms with E-state index in [1.807, 2.05) is 0 Å². The number of amides is 1. The number of hydrogen-bond donors (Lipinski definition) is 1. The number of likely N-dealkylation sites (tertiary alicyclic amines) is 1. The van der Waals surface area contributed by atoms with E-state index in [0.717, 1.165) is 43.4 Å². The highest BCUT2D eigenvalue weighted by Crippen LogP contribution is 2.30. The van der Waals surface area contributed by atoms with Crippen LogP contribution in [0.25, 0.3) is 0 Å². The summed E-state index contributed by atoms with van der Waals surface area (Å²) in [7, 11) is 1.37. The number of aromatic nitrogens is 2. The highest BCUT2D eigenvalue weighted by atomic mass is 19.4. The monoisotopic (exact) mass is 318 g/mol. The summed E-state index contributed by atoms with van der Waals surface area (Å²) in [5, 5.41) is 5.97. The van der Waals surface area contributed by atoms with Crippen LogP contribution in [0.5, 0.6) is 0 Å². The van der Waals surface area contributed by atoms with Gasteiger partial charge in [0, 0.05) is 26.3 Å². The number of nitrogens with one attached hydrogen (secondary N) is 1. The predicted octanol–water partition coefficient (Wildman–Crippen LogP) is 1.90. The molecule has 0 aromatic carbocycles. The summed E-state index contributed by atoms with van der Waals surface area (Å²) < 4.78 is 39.6. The number of nitrogens with zero attached hydrogens (tertiary/aromatic N) is 3. The van der Waals surface area contributed by atoms with Gasteiger partial charge in [0.05, 0.1) is 5.56 Å². The van der Waals surface area contributed by atoms with E-state index in [1.54, 1.807) is 0 Å². The molecule has 0 saturated carbocycles. The second-order valence-corrected chi connectivity index (χ2v) is 5.67. The molecule has 1 aliphatic heterocycles. The van der Waals surface area contributed by atoms with E-state index in [1.165, 1.54) is 7.05 Å². The van der Waals surface area contributed by atoms with E-state index in [0.29, 0.717) is 6.54 Å². The number of aryl methyl sites for hydroxylation is 1. The highest BCUT2D eigenvalue weighted by molar-refractivity contribution is 5.95. The number of hydrogen-bond acceptors (Lipinski definition) is 3. The molecule has 2 rings (SSSR count). The summed E-state index contributed by atoms with van der Waals surface area (Å²) in [6, 6.07) is 0. The molecule has 0 spiro atoms. The van der Waals surface area contributed by atoms with E-state index in [9.17, 15) is 18.0 Å². The van der Waals surface area contributed by atoms with Gasteiger partial charge < -0.3 is 10.2 Å². The van der Waals surface area contributed by atoms with Gasteiger partial charge in [-0.1, -0.05) is 6.92 Å². The van der Waals surface area contributed by atoms with E-state index in [4.69, 9.17) is 0 Å². The lowest BCUT2D eigenvalue weighted by molar-refractivity contribution is -0.141. The molecule has 1 fully saturated rings. The minimum atomic E-state index is -4.63. The largest absolute Gasteiger partial charge is 0.435 e. The van der Waals surface area contributed by atoms with Crippen LogP contribution >= 0.6 is 0 Å². The Bertz CT molecular complexity index is 527. The molecule has 1 atom stereocenters. The van der Waals surface area contributed by atoms with Crippen molar-refractivity contribution >= 4 is 5.91 Å². The average molecular weight is 318 g/mol. The van der Waals surface area contributed by atoms with Crippen molar-refractivity contribution in [3.63, 3.8) is 0 Å². The number of halogens is 3. The number of piperidine rings is 1. The van der Waals surface area contributed by atoms with Gasteiger partial charge in [-0.2, -0.15) is 18.3 Å². The van der Waals surface area contributed by atoms with Gasteiger partial charge in [0.2, 0.25) is 0 Å². The zero-order valence-electron chi connectivity index (χ0n) is 12.8. The minimum Gasteiger partial charge on any atom is -0.352 e. The summed E-state index contributed by atoms with van der Waals surface area (Å²) in [6.45, 7) is 5.33. The fourth-order valence-corrected chi connectivity index (χ4v) is 2.80. The van der Waals surface area contributed by atoms with Crippen LogP contribution in [0.3, 0.4) is 0 Å². The molecule has 22 heavy (non-hydrogen) atoms. The van der Waals surface area contributed by atoms with Crippen molar-refractivity contribution in [2.24, 2.45) is 13.0 Å². The third kappa shape index (κ3) is 4.00. The Morgan fingerprint density at radius 3 is 2.86 bits per heavy atom. The van der Waals surface area contributed by atoms with E-state index in [-0.39, 0.29) is 5.92 Å². The molecule has 0 aliphatic carbocycles. The Morgan fingerprint density at radius 2 is 2.23 bits per heavy atom. The lowest BCUT2D eigenvalue weighted by Gasteiger charge is -2.31. The lowest BCUT2D eigenvalue weighted by Crippen LogP contribution is -2.40. The molecule has 1 amide bonds. The maximum absolute atomic E-state index is 12.9. The van der Waals surface area contributed by atoms with Crippen LogP contribution in [0, 0.1) is 5.92 Å². The maximum Gasteiger partial charge on any atom is 0.435 e. The van der Waals surface area contributed by atoms with Gasteiger partial charge in [0.15, 0.2) is 5.69 Å².